The lowest BCUT2D eigenvalue weighted by Crippen LogP contribution is -2.42. The van der Waals surface area contributed by atoms with E-state index in [1.807, 2.05) is 18.2 Å². The van der Waals surface area contributed by atoms with E-state index in [1.54, 1.807) is 13.1 Å². The number of nitrogens with zero attached hydrogens (tertiary/aromatic N) is 1. The fourth-order valence-corrected chi connectivity index (χ4v) is 2.33. The van der Waals surface area contributed by atoms with Gasteiger partial charge in [-0.15, -0.1) is 0 Å². The lowest BCUT2D eigenvalue weighted by Gasteiger charge is -2.27. The van der Waals surface area contributed by atoms with Gasteiger partial charge in [-0.1, -0.05) is 18.2 Å². The average Bonchev–Trinajstić information content (AvgIpc) is 2.13. The van der Waals surface area contributed by atoms with E-state index >= 15 is 0 Å². The SMILES string of the molecule is CN1c2ccccc2CNS1(=O)=O. The van der Waals surface area contributed by atoms with Crippen LogP contribution in [-0.2, 0) is 16.8 Å². The van der Waals surface area contributed by atoms with Crippen LogP contribution in [0.25, 0.3) is 0 Å². The molecular weight excluding hydrogens is 188 g/mol. The third-order valence-corrected chi connectivity index (χ3v) is 3.56. The summed E-state index contributed by atoms with van der Waals surface area (Å²) in [6, 6.07) is 7.43. The van der Waals surface area contributed by atoms with Crippen LogP contribution in [0.1, 0.15) is 5.56 Å². The number of rotatable bonds is 0. The quantitative estimate of drug-likeness (QED) is 0.659. The van der Waals surface area contributed by atoms with Gasteiger partial charge in [0.2, 0.25) is 0 Å². The van der Waals surface area contributed by atoms with E-state index in [2.05, 4.69) is 4.72 Å². The van der Waals surface area contributed by atoms with Crippen molar-refractivity contribution in [3.8, 4) is 0 Å². The first-order valence-electron chi connectivity index (χ1n) is 3.93. The number of hydrogen-bond donors (Lipinski definition) is 1. The summed E-state index contributed by atoms with van der Waals surface area (Å²) in [5, 5.41) is 0. The summed E-state index contributed by atoms with van der Waals surface area (Å²) in [6.45, 7) is 0.378. The van der Waals surface area contributed by atoms with Crippen LogP contribution >= 0.6 is 0 Å². The molecule has 0 spiro atoms. The molecule has 1 heterocycles. The Labute approximate surface area is 77.4 Å². The van der Waals surface area contributed by atoms with Crippen molar-refractivity contribution in [1.29, 1.82) is 0 Å². The summed E-state index contributed by atoms with van der Waals surface area (Å²) in [7, 11) is -1.75. The Morgan fingerprint density at radius 1 is 1.38 bits per heavy atom. The zero-order chi connectivity index (χ0) is 9.47. The molecule has 4 nitrogen and oxygen atoms in total. The molecule has 0 aliphatic carbocycles. The molecule has 5 heteroatoms. The van der Waals surface area contributed by atoms with E-state index in [-0.39, 0.29) is 0 Å². The Morgan fingerprint density at radius 3 is 2.85 bits per heavy atom. The maximum atomic E-state index is 11.4. The smallest absolute Gasteiger partial charge is 0.261 e. The lowest BCUT2D eigenvalue weighted by atomic mass is 10.2. The first-order chi connectivity index (χ1) is 6.11. The first-order valence-corrected chi connectivity index (χ1v) is 5.37. The zero-order valence-electron chi connectivity index (χ0n) is 7.19. The number of hydrogen-bond acceptors (Lipinski definition) is 2. The minimum absolute atomic E-state index is 0.378. The summed E-state index contributed by atoms with van der Waals surface area (Å²) in [6.07, 6.45) is 0. The van der Waals surface area contributed by atoms with Gasteiger partial charge in [-0.3, -0.25) is 4.31 Å². The predicted molar refractivity (Wildman–Crippen MR) is 50.6 cm³/mol. The Morgan fingerprint density at radius 2 is 2.08 bits per heavy atom. The van der Waals surface area contributed by atoms with Gasteiger partial charge < -0.3 is 0 Å². The second-order valence-corrected chi connectivity index (χ2v) is 4.71. The Hall–Kier alpha value is -1.07. The van der Waals surface area contributed by atoms with Gasteiger partial charge in [-0.2, -0.15) is 13.1 Å². The predicted octanol–water partition coefficient (Wildman–Crippen LogP) is 0.471. The highest BCUT2D eigenvalue weighted by molar-refractivity contribution is 7.90. The molecule has 1 aliphatic heterocycles. The number of para-hydroxylation sites is 1. The molecule has 1 aromatic carbocycles. The van der Waals surface area contributed by atoms with Gasteiger partial charge in [0.05, 0.1) is 5.69 Å². The molecule has 13 heavy (non-hydrogen) atoms. The van der Waals surface area contributed by atoms with Crippen molar-refractivity contribution in [3.63, 3.8) is 0 Å². The zero-order valence-corrected chi connectivity index (χ0v) is 8.00. The third kappa shape index (κ3) is 1.30. The van der Waals surface area contributed by atoms with Crippen LogP contribution in [0.4, 0.5) is 5.69 Å². The monoisotopic (exact) mass is 198 g/mol. The van der Waals surface area contributed by atoms with Gasteiger partial charge in [0, 0.05) is 13.6 Å². The Kier molecular flexibility index (Phi) is 1.78. The van der Waals surface area contributed by atoms with Crippen LogP contribution in [0.2, 0.25) is 0 Å². The van der Waals surface area contributed by atoms with Crippen molar-refractivity contribution in [3.05, 3.63) is 29.8 Å². The van der Waals surface area contributed by atoms with E-state index in [1.165, 1.54) is 4.31 Å². The molecule has 0 saturated carbocycles. The molecule has 1 aromatic rings. The van der Waals surface area contributed by atoms with Crippen LogP contribution < -0.4 is 9.03 Å². The molecule has 70 valence electrons. The van der Waals surface area contributed by atoms with E-state index in [4.69, 9.17) is 0 Å². The van der Waals surface area contributed by atoms with Crippen molar-refractivity contribution in [2.45, 2.75) is 6.54 Å². The minimum atomic E-state index is -3.29. The van der Waals surface area contributed by atoms with Gasteiger partial charge in [0.1, 0.15) is 0 Å². The van der Waals surface area contributed by atoms with Gasteiger partial charge >= 0.3 is 10.2 Å². The second kappa shape index (κ2) is 2.71. The number of nitrogens with one attached hydrogen (secondary N) is 1. The number of anilines is 1. The van der Waals surface area contributed by atoms with Crippen molar-refractivity contribution in [2.24, 2.45) is 0 Å². The van der Waals surface area contributed by atoms with Crippen LogP contribution in [0.15, 0.2) is 24.3 Å². The molecule has 0 aromatic heterocycles. The van der Waals surface area contributed by atoms with E-state index in [0.29, 0.717) is 6.54 Å². The van der Waals surface area contributed by atoms with Gasteiger partial charge in [-0.25, -0.2) is 0 Å². The average molecular weight is 198 g/mol. The highest BCUT2D eigenvalue weighted by atomic mass is 32.2. The van der Waals surface area contributed by atoms with Gasteiger partial charge in [-0.05, 0) is 11.6 Å². The van der Waals surface area contributed by atoms with Crippen molar-refractivity contribution >= 4 is 15.9 Å². The summed E-state index contributed by atoms with van der Waals surface area (Å²) >= 11 is 0. The molecule has 0 atom stereocenters. The van der Waals surface area contributed by atoms with Crippen LogP contribution in [0, 0.1) is 0 Å². The minimum Gasteiger partial charge on any atom is -0.261 e. The Bertz CT molecular complexity index is 428. The number of benzene rings is 1. The maximum absolute atomic E-state index is 11.4. The summed E-state index contributed by atoms with van der Waals surface area (Å²) in [5.41, 5.74) is 1.75. The number of fused-ring (bicyclic) bond motifs is 1. The summed E-state index contributed by atoms with van der Waals surface area (Å²) < 4.78 is 26.4. The molecule has 1 N–H and O–H groups in total. The maximum Gasteiger partial charge on any atom is 0.301 e. The molecule has 2 rings (SSSR count). The highest BCUT2D eigenvalue weighted by Gasteiger charge is 2.24. The molecule has 0 unspecified atom stereocenters. The molecule has 0 saturated heterocycles. The molecule has 1 aliphatic rings. The fraction of sp³-hybridized carbons (Fsp3) is 0.250. The van der Waals surface area contributed by atoms with E-state index < -0.39 is 10.2 Å². The van der Waals surface area contributed by atoms with Gasteiger partial charge in [0.25, 0.3) is 0 Å². The van der Waals surface area contributed by atoms with Crippen LogP contribution in [0.3, 0.4) is 0 Å². The van der Waals surface area contributed by atoms with Crippen LogP contribution in [0.5, 0.6) is 0 Å². The molecular formula is C8H10N2O2S. The molecule has 0 amide bonds. The molecule has 0 fully saturated rings. The summed E-state index contributed by atoms with van der Waals surface area (Å²) in [4.78, 5) is 0. The first kappa shape index (κ1) is 8.52. The Balaban J connectivity index is 2.58. The molecule has 0 bridgehead atoms. The summed E-state index contributed by atoms with van der Waals surface area (Å²) in [5.74, 6) is 0. The topological polar surface area (TPSA) is 49.4 Å². The van der Waals surface area contributed by atoms with E-state index in [9.17, 15) is 8.42 Å². The third-order valence-electron chi connectivity index (χ3n) is 2.14. The van der Waals surface area contributed by atoms with Gasteiger partial charge in [0.15, 0.2) is 0 Å². The highest BCUT2D eigenvalue weighted by Crippen LogP contribution is 2.24. The van der Waals surface area contributed by atoms with Crippen LogP contribution in [-0.4, -0.2) is 15.5 Å². The van der Waals surface area contributed by atoms with Crippen molar-refractivity contribution in [1.82, 2.24) is 4.72 Å². The van der Waals surface area contributed by atoms with Crippen molar-refractivity contribution < 1.29 is 8.42 Å². The van der Waals surface area contributed by atoms with E-state index in [0.717, 1.165) is 11.3 Å². The fourth-order valence-electron chi connectivity index (χ4n) is 1.36. The normalized spacial score (nSPS) is 19.6. The molecule has 0 radical (unpaired) electrons. The standard InChI is InChI=1S/C8H10N2O2S/c1-10-8-5-3-2-4-7(8)6-9-13(10,11)12/h2-5,9H,6H2,1H3. The lowest BCUT2D eigenvalue weighted by molar-refractivity contribution is 0.576. The second-order valence-electron chi connectivity index (χ2n) is 2.92. The largest absolute Gasteiger partial charge is 0.301 e. The van der Waals surface area contributed by atoms with Crippen molar-refractivity contribution in [2.75, 3.05) is 11.4 Å².